The zero-order valence-electron chi connectivity index (χ0n) is 6.91. The molecule has 6 nitrogen and oxygen atoms in total. The number of nitrogens with zero attached hydrogens (tertiary/aromatic N) is 1. The van der Waals surface area contributed by atoms with E-state index in [1.807, 2.05) is 0 Å². The van der Waals surface area contributed by atoms with Crippen LogP contribution in [0.1, 0.15) is 6.92 Å². The maximum Gasteiger partial charge on any atom is 0.425 e. The van der Waals surface area contributed by atoms with Crippen LogP contribution in [0.4, 0.5) is 4.79 Å². The van der Waals surface area contributed by atoms with Gasteiger partial charge in [0.1, 0.15) is 0 Å². The first kappa shape index (κ1) is 11.9. The third-order valence-corrected chi connectivity index (χ3v) is 1.46. The summed E-state index contributed by atoms with van der Waals surface area (Å²) >= 11 is 2.97. The number of carboxylic acid groups (broad SMARTS) is 1. The number of halogens is 1. The van der Waals surface area contributed by atoms with Gasteiger partial charge in [0.15, 0.2) is 5.71 Å². The Morgan fingerprint density at radius 2 is 2.23 bits per heavy atom. The molecule has 0 saturated heterocycles. The lowest BCUT2D eigenvalue weighted by Gasteiger charge is -2.01. The molecule has 0 bridgehead atoms. The Bertz CT molecular complexity index is 229. The summed E-state index contributed by atoms with van der Waals surface area (Å²) in [6.45, 7) is 1.87. The van der Waals surface area contributed by atoms with Crippen molar-refractivity contribution in [3.63, 3.8) is 0 Å². The maximum atomic E-state index is 11.0. The van der Waals surface area contributed by atoms with Gasteiger partial charge in [0.25, 0.3) is 0 Å². The molecule has 74 valence electrons. The van der Waals surface area contributed by atoms with E-state index >= 15 is 0 Å². The number of nitrogens with one attached hydrogen (secondary N) is 1. The molecular weight excluding hydrogens is 244 g/mol. The highest BCUT2D eigenvalue weighted by Crippen LogP contribution is 1.90. The first-order valence-electron chi connectivity index (χ1n) is 3.40. The fourth-order valence-corrected chi connectivity index (χ4v) is 0.814. The second kappa shape index (κ2) is 6.41. The minimum absolute atomic E-state index is 0.0238. The molecule has 0 rings (SSSR count). The van der Waals surface area contributed by atoms with E-state index in [-0.39, 0.29) is 17.6 Å². The monoisotopic (exact) mass is 252 g/mol. The van der Waals surface area contributed by atoms with Crippen molar-refractivity contribution in [1.29, 1.82) is 0 Å². The SMILES string of the molecule is CCOC(=O)/C(CBr)=N/NC(=O)O. The smallest absolute Gasteiger partial charge is 0.425 e. The average molecular weight is 253 g/mol. The predicted octanol–water partition coefficient (Wildman–Crippen LogP) is 0.568. The summed E-state index contributed by atoms with van der Waals surface area (Å²) in [7, 11) is 0. The average Bonchev–Trinajstić information content (AvgIpc) is 2.05. The van der Waals surface area contributed by atoms with Gasteiger partial charge in [-0.2, -0.15) is 5.10 Å². The van der Waals surface area contributed by atoms with Crippen LogP contribution >= 0.6 is 15.9 Å². The van der Waals surface area contributed by atoms with Gasteiger partial charge in [0.05, 0.1) is 11.9 Å². The minimum Gasteiger partial charge on any atom is -0.464 e. The molecule has 1 amide bonds. The summed E-state index contributed by atoms with van der Waals surface area (Å²) in [5.41, 5.74) is 1.69. The van der Waals surface area contributed by atoms with E-state index in [2.05, 4.69) is 25.8 Å². The van der Waals surface area contributed by atoms with Crippen molar-refractivity contribution >= 4 is 33.7 Å². The number of esters is 1. The van der Waals surface area contributed by atoms with E-state index in [0.717, 1.165) is 0 Å². The van der Waals surface area contributed by atoms with Crippen molar-refractivity contribution in [2.24, 2.45) is 5.10 Å². The zero-order chi connectivity index (χ0) is 10.3. The molecule has 0 spiro atoms. The zero-order valence-corrected chi connectivity index (χ0v) is 8.50. The fraction of sp³-hybridized carbons (Fsp3) is 0.500. The van der Waals surface area contributed by atoms with Crippen molar-refractivity contribution in [3.8, 4) is 0 Å². The Kier molecular flexibility index (Phi) is 5.86. The number of amides is 1. The van der Waals surface area contributed by atoms with Crippen molar-refractivity contribution in [2.75, 3.05) is 11.9 Å². The molecule has 0 aromatic rings. The number of carbonyl (C=O) groups is 2. The van der Waals surface area contributed by atoms with Crippen LogP contribution in [0.25, 0.3) is 0 Å². The van der Waals surface area contributed by atoms with E-state index in [9.17, 15) is 9.59 Å². The molecule has 13 heavy (non-hydrogen) atoms. The van der Waals surface area contributed by atoms with Gasteiger partial charge >= 0.3 is 12.1 Å². The van der Waals surface area contributed by atoms with Gasteiger partial charge in [0.2, 0.25) is 0 Å². The van der Waals surface area contributed by atoms with Crippen LogP contribution in [0.2, 0.25) is 0 Å². The van der Waals surface area contributed by atoms with Gasteiger partial charge < -0.3 is 9.84 Å². The largest absolute Gasteiger partial charge is 0.464 e. The lowest BCUT2D eigenvalue weighted by Crippen LogP contribution is -2.24. The first-order chi connectivity index (χ1) is 6.11. The van der Waals surface area contributed by atoms with E-state index in [1.54, 1.807) is 12.3 Å². The topological polar surface area (TPSA) is 88.0 Å². The number of alkyl halides is 1. The van der Waals surface area contributed by atoms with E-state index in [0.29, 0.717) is 0 Å². The number of rotatable bonds is 4. The summed E-state index contributed by atoms with van der Waals surface area (Å²) in [5, 5.41) is 11.6. The molecule has 0 heterocycles. The van der Waals surface area contributed by atoms with E-state index < -0.39 is 12.1 Å². The van der Waals surface area contributed by atoms with Crippen LogP contribution in [0.5, 0.6) is 0 Å². The Labute approximate surface area is 83.1 Å². The molecule has 0 aliphatic carbocycles. The summed E-state index contributed by atoms with van der Waals surface area (Å²) < 4.78 is 4.59. The standard InChI is InChI=1S/C6H9BrN2O4/c1-2-13-5(10)4(3-7)8-9-6(11)12/h9H,2-3H2,1H3,(H,11,12)/b8-4+. The number of hydrogen-bond acceptors (Lipinski definition) is 4. The lowest BCUT2D eigenvalue weighted by atomic mass is 10.4. The molecule has 0 aromatic heterocycles. The van der Waals surface area contributed by atoms with Crippen LogP contribution in [0, 0.1) is 0 Å². The third kappa shape index (κ3) is 5.18. The molecule has 0 fully saturated rings. The summed E-state index contributed by atoms with van der Waals surface area (Å²) in [4.78, 5) is 21.0. The number of hydrogen-bond donors (Lipinski definition) is 2. The highest BCUT2D eigenvalue weighted by atomic mass is 79.9. The van der Waals surface area contributed by atoms with Gasteiger partial charge in [-0.15, -0.1) is 0 Å². The number of ether oxygens (including phenoxy) is 1. The van der Waals surface area contributed by atoms with Gasteiger partial charge in [-0.05, 0) is 6.92 Å². The minimum atomic E-state index is -1.33. The maximum absolute atomic E-state index is 11.0. The summed E-state index contributed by atoms with van der Waals surface area (Å²) in [6, 6.07) is 0. The highest BCUT2D eigenvalue weighted by Gasteiger charge is 2.11. The molecule has 0 aliphatic rings. The first-order valence-corrected chi connectivity index (χ1v) is 4.52. The van der Waals surface area contributed by atoms with Crippen LogP contribution in [0.15, 0.2) is 5.10 Å². The van der Waals surface area contributed by atoms with Crippen LogP contribution in [-0.2, 0) is 9.53 Å². The van der Waals surface area contributed by atoms with Crippen LogP contribution in [-0.4, -0.2) is 34.8 Å². The predicted molar refractivity (Wildman–Crippen MR) is 49.0 cm³/mol. The van der Waals surface area contributed by atoms with Crippen LogP contribution < -0.4 is 5.43 Å². The van der Waals surface area contributed by atoms with Crippen molar-refractivity contribution in [2.45, 2.75) is 6.92 Å². The Balaban J connectivity index is 4.22. The van der Waals surface area contributed by atoms with Crippen molar-refractivity contribution < 1.29 is 19.4 Å². The van der Waals surface area contributed by atoms with Gasteiger partial charge in [-0.3, -0.25) is 0 Å². The number of carbonyl (C=O) groups excluding carboxylic acids is 1. The molecule has 0 aliphatic heterocycles. The van der Waals surface area contributed by atoms with Crippen molar-refractivity contribution in [1.82, 2.24) is 5.43 Å². The Morgan fingerprint density at radius 3 is 2.62 bits per heavy atom. The molecule has 0 aromatic carbocycles. The third-order valence-electron chi connectivity index (χ3n) is 0.924. The summed E-state index contributed by atoms with van der Waals surface area (Å²) in [6.07, 6.45) is -1.33. The summed E-state index contributed by atoms with van der Waals surface area (Å²) in [5.74, 6) is -0.645. The molecule has 0 unspecified atom stereocenters. The molecular formula is C6H9BrN2O4. The normalized spacial score (nSPS) is 10.8. The number of hydrazone groups is 1. The van der Waals surface area contributed by atoms with Crippen LogP contribution in [0.3, 0.4) is 0 Å². The molecule has 2 N–H and O–H groups in total. The highest BCUT2D eigenvalue weighted by molar-refractivity contribution is 9.09. The molecule has 0 atom stereocenters. The molecule has 0 radical (unpaired) electrons. The Hall–Kier alpha value is -1.11. The molecule has 7 heteroatoms. The van der Waals surface area contributed by atoms with E-state index in [1.165, 1.54) is 0 Å². The van der Waals surface area contributed by atoms with E-state index in [4.69, 9.17) is 5.11 Å². The quantitative estimate of drug-likeness (QED) is 0.332. The van der Waals surface area contributed by atoms with Gasteiger partial charge in [0, 0.05) is 0 Å². The molecule has 0 saturated carbocycles. The van der Waals surface area contributed by atoms with Crippen molar-refractivity contribution in [3.05, 3.63) is 0 Å². The van der Waals surface area contributed by atoms with Gasteiger partial charge in [-0.1, -0.05) is 15.9 Å². The lowest BCUT2D eigenvalue weighted by molar-refractivity contribution is -0.135. The van der Waals surface area contributed by atoms with Gasteiger partial charge in [-0.25, -0.2) is 15.0 Å². The second-order valence-electron chi connectivity index (χ2n) is 1.83. The second-order valence-corrected chi connectivity index (χ2v) is 2.39. The Morgan fingerprint density at radius 1 is 1.62 bits per heavy atom. The fourth-order valence-electron chi connectivity index (χ4n) is 0.460.